The summed E-state index contributed by atoms with van der Waals surface area (Å²) in [6.45, 7) is 5.17. The summed E-state index contributed by atoms with van der Waals surface area (Å²) in [5.41, 5.74) is 1.84. The summed E-state index contributed by atoms with van der Waals surface area (Å²) in [5.74, 6) is -0.210. The van der Waals surface area contributed by atoms with Gasteiger partial charge in [-0.2, -0.15) is 0 Å². The van der Waals surface area contributed by atoms with E-state index in [1.807, 2.05) is 42.2 Å². The molecule has 0 saturated carbocycles. The molecule has 0 aliphatic carbocycles. The summed E-state index contributed by atoms with van der Waals surface area (Å²) in [6, 6.07) is 14.4. The SMILES string of the molecule is CCN(Cc1ccccc1)C(=O)c1ccc(N2CCOCC2)c([N+](=O)[O-])c1. The zero-order valence-corrected chi connectivity index (χ0v) is 15.3. The summed E-state index contributed by atoms with van der Waals surface area (Å²) >= 11 is 0. The van der Waals surface area contributed by atoms with Crippen molar-refractivity contribution in [2.75, 3.05) is 37.7 Å². The normalized spacial score (nSPS) is 14.0. The van der Waals surface area contributed by atoms with Gasteiger partial charge in [0.25, 0.3) is 11.6 Å². The summed E-state index contributed by atoms with van der Waals surface area (Å²) in [6.07, 6.45) is 0. The fourth-order valence-electron chi connectivity index (χ4n) is 3.19. The van der Waals surface area contributed by atoms with Gasteiger partial charge in [-0.15, -0.1) is 0 Å². The van der Waals surface area contributed by atoms with Crippen LogP contribution in [-0.4, -0.2) is 48.6 Å². The Morgan fingerprint density at radius 3 is 2.52 bits per heavy atom. The zero-order chi connectivity index (χ0) is 19.2. The molecular formula is C20H23N3O4. The smallest absolute Gasteiger partial charge is 0.293 e. The molecule has 3 rings (SSSR count). The molecule has 1 fully saturated rings. The number of morpholine rings is 1. The second-order valence-electron chi connectivity index (χ2n) is 6.36. The van der Waals surface area contributed by atoms with E-state index in [9.17, 15) is 14.9 Å². The number of carbonyl (C=O) groups is 1. The van der Waals surface area contributed by atoms with Gasteiger partial charge in [-0.05, 0) is 24.6 Å². The number of hydrogen-bond donors (Lipinski definition) is 0. The molecule has 7 nitrogen and oxygen atoms in total. The van der Waals surface area contributed by atoms with Gasteiger partial charge in [0, 0.05) is 37.8 Å². The average molecular weight is 369 g/mol. The summed E-state index contributed by atoms with van der Waals surface area (Å²) in [4.78, 5) is 27.7. The minimum Gasteiger partial charge on any atom is -0.378 e. The Bertz CT molecular complexity index is 804. The van der Waals surface area contributed by atoms with Crippen LogP contribution in [0.5, 0.6) is 0 Å². The Morgan fingerprint density at radius 2 is 1.89 bits per heavy atom. The summed E-state index contributed by atoms with van der Waals surface area (Å²) in [5, 5.41) is 11.6. The van der Waals surface area contributed by atoms with E-state index in [1.165, 1.54) is 6.07 Å². The molecule has 0 spiro atoms. The van der Waals surface area contributed by atoms with Crippen molar-refractivity contribution in [2.24, 2.45) is 0 Å². The topological polar surface area (TPSA) is 75.9 Å². The highest BCUT2D eigenvalue weighted by Crippen LogP contribution is 2.30. The van der Waals surface area contributed by atoms with Crippen molar-refractivity contribution < 1.29 is 14.5 Å². The highest BCUT2D eigenvalue weighted by molar-refractivity contribution is 5.95. The summed E-state index contributed by atoms with van der Waals surface area (Å²) < 4.78 is 5.31. The molecule has 0 atom stereocenters. The van der Waals surface area contributed by atoms with Crippen LogP contribution in [0.1, 0.15) is 22.8 Å². The fourth-order valence-corrected chi connectivity index (χ4v) is 3.19. The van der Waals surface area contributed by atoms with Crippen molar-refractivity contribution in [3.05, 3.63) is 69.8 Å². The van der Waals surface area contributed by atoms with Gasteiger partial charge in [0.1, 0.15) is 5.69 Å². The average Bonchev–Trinajstić information content (AvgIpc) is 2.72. The van der Waals surface area contributed by atoms with Crippen LogP contribution in [0.15, 0.2) is 48.5 Å². The van der Waals surface area contributed by atoms with Gasteiger partial charge in [-0.3, -0.25) is 14.9 Å². The van der Waals surface area contributed by atoms with Crippen LogP contribution in [0.25, 0.3) is 0 Å². The highest BCUT2D eigenvalue weighted by atomic mass is 16.6. The zero-order valence-electron chi connectivity index (χ0n) is 15.3. The maximum Gasteiger partial charge on any atom is 0.293 e. The number of rotatable bonds is 6. The molecule has 0 radical (unpaired) electrons. The molecule has 27 heavy (non-hydrogen) atoms. The number of benzene rings is 2. The van der Waals surface area contributed by atoms with Gasteiger partial charge in [-0.1, -0.05) is 30.3 Å². The molecule has 2 aromatic carbocycles. The van der Waals surface area contributed by atoms with Crippen LogP contribution in [-0.2, 0) is 11.3 Å². The molecule has 0 unspecified atom stereocenters. The van der Waals surface area contributed by atoms with Crippen LogP contribution >= 0.6 is 0 Å². The Morgan fingerprint density at radius 1 is 1.19 bits per heavy atom. The molecule has 1 aliphatic rings. The Kier molecular flexibility index (Phi) is 6.03. The number of nitro groups is 1. The van der Waals surface area contributed by atoms with Crippen LogP contribution in [0.4, 0.5) is 11.4 Å². The van der Waals surface area contributed by atoms with E-state index in [1.54, 1.807) is 17.0 Å². The van der Waals surface area contributed by atoms with Gasteiger partial charge >= 0.3 is 0 Å². The van der Waals surface area contributed by atoms with Gasteiger partial charge in [0.05, 0.1) is 18.1 Å². The third-order valence-corrected chi connectivity index (χ3v) is 4.66. The molecule has 7 heteroatoms. The van der Waals surface area contributed by atoms with Crippen molar-refractivity contribution in [3.8, 4) is 0 Å². The van der Waals surface area contributed by atoms with Crippen LogP contribution in [0.3, 0.4) is 0 Å². The van der Waals surface area contributed by atoms with E-state index in [0.29, 0.717) is 50.6 Å². The number of anilines is 1. The number of carbonyl (C=O) groups excluding carboxylic acids is 1. The third-order valence-electron chi connectivity index (χ3n) is 4.66. The summed E-state index contributed by atoms with van der Waals surface area (Å²) in [7, 11) is 0. The van der Waals surface area contributed by atoms with E-state index in [0.717, 1.165) is 5.56 Å². The first-order valence-corrected chi connectivity index (χ1v) is 9.04. The number of amides is 1. The Balaban J connectivity index is 1.85. The van der Waals surface area contributed by atoms with Crippen LogP contribution in [0.2, 0.25) is 0 Å². The molecular weight excluding hydrogens is 346 g/mol. The van der Waals surface area contributed by atoms with E-state index in [-0.39, 0.29) is 11.6 Å². The quantitative estimate of drug-likeness (QED) is 0.578. The molecule has 0 bridgehead atoms. The Hall–Kier alpha value is -2.93. The van der Waals surface area contributed by atoms with Gasteiger partial charge in [0.15, 0.2) is 0 Å². The predicted molar refractivity (Wildman–Crippen MR) is 103 cm³/mol. The third kappa shape index (κ3) is 4.43. The number of ether oxygens (including phenoxy) is 1. The van der Waals surface area contributed by atoms with Crippen LogP contribution in [0, 0.1) is 10.1 Å². The lowest BCUT2D eigenvalue weighted by atomic mass is 10.1. The monoisotopic (exact) mass is 369 g/mol. The van der Waals surface area contributed by atoms with Crippen molar-refractivity contribution in [3.63, 3.8) is 0 Å². The standard InChI is InChI=1S/C20H23N3O4/c1-2-21(15-16-6-4-3-5-7-16)20(24)17-8-9-18(19(14-17)23(25)26)22-10-12-27-13-11-22/h3-9,14H,2,10-13,15H2,1H3. The van der Waals surface area contributed by atoms with E-state index < -0.39 is 4.92 Å². The minimum atomic E-state index is -0.422. The van der Waals surface area contributed by atoms with Crippen molar-refractivity contribution in [2.45, 2.75) is 13.5 Å². The predicted octanol–water partition coefficient (Wildman–Crippen LogP) is 3.09. The molecule has 0 aromatic heterocycles. The maximum absolute atomic E-state index is 12.9. The molecule has 2 aromatic rings. The number of nitro benzene ring substituents is 1. The molecule has 142 valence electrons. The highest BCUT2D eigenvalue weighted by Gasteiger charge is 2.24. The maximum atomic E-state index is 12.9. The molecule has 1 heterocycles. The molecule has 1 aliphatic heterocycles. The molecule has 1 amide bonds. The second-order valence-corrected chi connectivity index (χ2v) is 6.36. The lowest BCUT2D eigenvalue weighted by Gasteiger charge is -2.28. The largest absolute Gasteiger partial charge is 0.378 e. The van der Waals surface area contributed by atoms with Crippen molar-refractivity contribution in [1.29, 1.82) is 0 Å². The first kappa shape index (κ1) is 18.8. The first-order chi connectivity index (χ1) is 13.1. The lowest BCUT2D eigenvalue weighted by molar-refractivity contribution is -0.384. The van der Waals surface area contributed by atoms with Crippen molar-refractivity contribution >= 4 is 17.3 Å². The minimum absolute atomic E-state index is 0.0430. The van der Waals surface area contributed by atoms with E-state index >= 15 is 0 Å². The molecule has 0 N–H and O–H groups in total. The van der Waals surface area contributed by atoms with Crippen molar-refractivity contribution in [1.82, 2.24) is 4.90 Å². The van der Waals surface area contributed by atoms with E-state index in [4.69, 9.17) is 4.74 Å². The second kappa shape index (κ2) is 8.64. The van der Waals surface area contributed by atoms with Gasteiger partial charge in [-0.25, -0.2) is 0 Å². The number of hydrogen-bond acceptors (Lipinski definition) is 5. The Labute approximate surface area is 158 Å². The number of nitrogens with zero attached hydrogens (tertiary/aromatic N) is 3. The van der Waals surface area contributed by atoms with Gasteiger partial charge < -0.3 is 14.5 Å². The lowest BCUT2D eigenvalue weighted by Crippen LogP contribution is -2.36. The van der Waals surface area contributed by atoms with Crippen LogP contribution < -0.4 is 4.90 Å². The van der Waals surface area contributed by atoms with E-state index in [2.05, 4.69) is 0 Å². The van der Waals surface area contributed by atoms with Gasteiger partial charge in [0.2, 0.25) is 0 Å². The first-order valence-electron chi connectivity index (χ1n) is 9.04. The molecule has 1 saturated heterocycles. The fraction of sp³-hybridized carbons (Fsp3) is 0.350.